The van der Waals surface area contributed by atoms with Crippen LogP contribution in [-0.4, -0.2) is 124 Å². The predicted molar refractivity (Wildman–Crippen MR) is 214 cm³/mol. The van der Waals surface area contributed by atoms with E-state index < -0.39 is 30.0 Å². The Morgan fingerprint density at radius 3 is 2.48 bits per heavy atom. The molecule has 6 N–H and O–H groups in total. The Labute approximate surface area is 334 Å². The van der Waals surface area contributed by atoms with Crippen molar-refractivity contribution in [3.05, 3.63) is 69.8 Å². The summed E-state index contributed by atoms with van der Waals surface area (Å²) in [6, 6.07) is 4.74. The molecule has 0 radical (unpaired) electrons. The molecule has 0 bridgehead atoms. The van der Waals surface area contributed by atoms with E-state index in [0.717, 1.165) is 77.7 Å². The van der Waals surface area contributed by atoms with E-state index in [-0.39, 0.29) is 47.6 Å². The highest BCUT2D eigenvalue weighted by molar-refractivity contribution is 6.15. The number of amidine groups is 1. The van der Waals surface area contributed by atoms with Gasteiger partial charge in [0.05, 0.1) is 34.4 Å². The number of nitrogens with one attached hydrogen (secondary N) is 6. The summed E-state index contributed by atoms with van der Waals surface area (Å²) in [6.07, 6.45) is 6.31. The summed E-state index contributed by atoms with van der Waals surface area (Å²) in [5, 5.41) is 26.5. The summed E-state index contributed by atoms with van der Waals surface area (Å²) in [7, 11) is 1.67. The van der Waals surface area contributed by atoms with Crippen LogP contribution in [0.5, 0.6) is 0 Å². The highest BCUT2D eigenvalue weighted by Gasteiger charge is 2.32. The zero-order valence-electron chi connectivity index (χ0n) is 32.3. The van der Waals surface area contributed by atoms with E-state index in [4.69, 9.17) is 10.8 Å². The molecule has 1 atom stereocenters. The number of imide groups is 1. The average Bonchev–Trinajstić information content (AvgIpc) is 4.04. The molecule has 1 aromatic heterocycles. The topological polar surface area (TPSA) is 196 Å². The van der Waals surface area contributed by atoms with Gasteiger partial charge in [0.15, 0.2) is 0 Å². The number of benzene rings is 1. The number of aliphatic imine (C=N–C) groups is 1. The summed E-state index contributed by atoms with van der Waals surface area (Å²) >= 11 is 0. The number of rotatable bonds is 11. The maximum absolute atomic E-state index is 13.7. The summed E-state index contributed by atoms with van der Waals surface area (Å²) in [5.41, 5.74) is 0.122. The number of fused-ring (bicyclic) bond motifs is 1. The van der Waals surface area contributed by atoms with Crippen LogP contribution in [0.25, 0.3) is 11.0 Å². The molecule has 1 aromatic carbocycles. The van der Waals surface area contributed by atoms with Gasteiger partial charge >= 0.3 is 5.69 Å². The zero-order chi connectivity index (χ0) is 40.9. The Balaban J connectivity index is 0.880. The second-order valence-electron chi connectivity index (χ2n) is 15.2. The molecule has 58 heavy (non-hydrogen) atoms. The van der Waals surface area contributed by atoms with Crippen molar-refractivity contribution < 1.29 is 23.2 Å². The SMILES string of the molecule is Cn1c(=O)n(C2CCC(=O)NC2=O)c2cccc(C#CCN3CCN(C[C@H]4CC[C@H](N/C=C(/NC(=O)/C(C=N)=C5\N=C(N6CC6)C=CN5)C(=N)C(F)F)CC4)CC3)c21. The Hall–Kier alpha value is -5.93. The molecule has 2 aromatic rings. The lowest BCUT2D eigenvalue weighted by atomic mass is 9.85. The minimum atomic E-state index is -3.10. The molecular formula is C40H48F2N12O4. The lowest BCUT2D eigenvalue weighted by molar-refractivity contribution is -0.135. The van der Waals surface area contributed by atoms with Crippen LogP contribution in [0.4, 0.5) is 8.78 Å². The molecule has 4 aliphatic heterocycles. The number of amides is 3. The summed E-state index contributed by atoms with van der Waals surface area (Å²) in [6.45, 7) is 6.76. The Morgan fingerprint density at radius 1 is 1.05 bits per heavy atom. The number of para-hydroxylation sites is 1. The zero-order valence-corrected chi connectivity index (χ0v) is 32.3. The molecular weight excluding hydrogens is 751 g/mol. The number of nitrogens with zero attached hydrogens (tertiary/aromatic N) is 6. The van der Waals surface area contributed by atoms with Crippen molar-refractivity contribution in [3.63, 3.8) is 0 Å². The molecule has 306 valence electrons. The average molecular weight is 799 g/mol. The maximum atomic E-state index is 13.7. The number of hydrogen-bond acceptors (Lipinski definition) is 12. The van der Waals surface area contributed by atoms with Crippen molar-refractivity contribution in [2.24, 2.45) is 18.0 Å². The van der Waals surface area contributed by atoms with Crippen LogP contribution in [0.1, 0.15) is 50.1 Å². The second kappa shape index (κ2) is 17.7. The van der Waals surface area contributed by atoms with Crippen LogP contribution in [0.15, 0.2) is 63.6 Å². The monoisotopic (exact) mass is 798 g/mol. The van der Waals surface area contributed by atoms with Gasteiger partial charge in [0.2, 0.25) is 11.8 Å². The molecule has 18 heteroatoms. The van der Waals surface area contributed by atoms with E-state index in [2.05, 4.69) is 47.9 Å². The Morgan fingerprint density at radius 2 is 1.79 bits per heavy atom. The van der Waals surface area contributed by atoms with Gasteiger partial charge in [-0.3, -0.25) is 39.1 Å². The van der Waals surface area contributed by atoms with Gasteiger partial charge in [-0.05, 0) is 56.2 Å². The first-order chi connectivity index (χ1) is 28.0. The minimum Gasteiger partial charge on any atom is -0.386 e. The highest BCUT2D eigenvalue weighted by atomic mass is 19.3. The van der Waals surface area contributed by atoms with E-state index >= 15 is 0 Å². The Bertz CT molecular complexity index is 2220. The number of piperazine rings is 1. The maximum Gasteiger partial charge on any atom is 0.329 e. The number of piperidine rings is 1. The predicted octanol–water partition coefficient (Wildman–Crippen LogP) is 1.37. The molecule has 5 heterocycles. The number of carbonyl (C=O) groups excluding carboxylic acids is 3. The van der Waals surface area contributed by atoms with Crippen LogP contribution < -0.4 is 27.0 Å². The van der Waals surface area contributed by atoms with Crippen molar-refractivity contribution in [1.82, 2.24) is 45.1 Å². The van der Waals surface area contributed by atoms with Crippen molar-refractivity contribution in [2.75, 3.05) is 52.4 Å². The fourth-order valence-corrected chi connectivity index (χ4v) is 7.93. The number of alkyl halides is 2. The van der Waals surface area contributed by atoms with Crippen molar-refractivity contribution in [2.45, 2.75) is 57.0 Å². The quantitative estimate of drug-likeness (QED) is 0.0640. The van der Waals surface area contributed by atoms with Crippen molar-refractivity contribution in [1.29, 1.82) is 10.8 Å². The van der Waals surface area contributed by atoms with E-state index in [0.29, 0.717) is 34.9 Å². The van der Waals surface area contributed by atoms with Gasteiger partial charge in [0, 0.05) is 83.9 Å². The number of aromatic nitrogens is 2. The van der Waals surface area contributed by atoms with E-state index in [1.807, 2.05) is 17.0 Å². The third-order valence-corrected chi connectivity index (χ3v) is 11.3. The summed E-state index contributed by atoms with van der Waals surface area (Å²) in [4.78, 5) is 61.8. The number of halogens is 2. The van der Waals surface area contributed by atoms with Gasteiger partial charge in [-0.25, -0.2) is 18.6 Å². The molecule has 3 saturated heterocycles. The van der Waals surface area contributed by atoms with Crippen LogP contribution in [-0.2, 0) is 21.4 Å². The largest absolute Gasteiger partial charge is 0.386 e. The fourth-order valence-electron chi connectivity index (χ4n) is 7.93. The van der Waals surface area contributed by atoms with Crippen molar-refractivity contribution >= 4 is 46.5 Å². The van der Waals surface area contributed by atoms with Crippen LogP contribution in [0, 0.1) is 28.6 Å². The number of allylic oxidation sites excluding steroid dienone is 1. The molecule has 0 spiro atoms. The first-order valence-electron chi connectivity index (χ1n) is 19.6. The third kappa shape index (κ3) is 9.11. The van der Waals surface area contributed by atoms with Gasteiger partial charge in [-0.15, -0.1) is 0 Å². The summed E-state index contributed by atoms with van der Waals surface area (Å²) in [5.74, 6) is 6.17. The molecule has 1 unspecified atom stereocenters. The van der Waals surface area contributed by atoms with Gasteiger partial charge in [-0.2, -0.15) is 0 Å². The van der Waals surface area contributed by atoms with Crippen molar-refractivity contribution in [3.8, 4) is 11.8 Å². The highest BCUT2D eigenvalue weighted by Crippen LogP contribution is 2.27. The van der Waals surface area contributed by atoms with E-state index in [1.54, 1.807) is 25.4 Å². The molecule has 4 fully saturated rings. The number of hydrogen-bond donors (Lipinski definition) is 6. The normalized spacial score (nSPS) is 23.7. The van der Waals surface area contributed by atoms with Gasteiger partial charge in [0.1, 0.15) is 23.4 Å². The van der Waals surface area contributed by atoms with E-state index in [1.165, 1.54) is 15.3 Å². The van der Waals surface area contributed by atoms with Gasteiger partial charge in [-0.1, -0.05) is 17.9 Å². The second-order valence-corrected chi connectivity index (χ2v) is 15.2. The Kier molecular flexibility index (Phi) is 12.3. The molecule has 7 rings (SSSR count). The molecule has 1 saturated carbocycles. The number of aryl methyl sites for hydroxylation is 1. The van der Waals surface area contributed by atoms with Gasteiger partial charge in [0.25, 0.3) is 12.3 Å². The fraction of sp³-hybridized carbons (Fsp3) is 0.475. The lowest BCUT2D eigenvalue weighted by Gasteiger charge is -2.37. The van der Waals surface area contributed by atoms with Crippen LogP contribution in [0.3, 0.4) is 0 Å². The number of imidazole rings is 1. The minimum absolute atomic E-state index is 0.00114. The molecule has 16 nitrogen and oxygen atoms in total. The molecule has 5 aliphatic rings. The molecule has 3 amide bonds. The summed E-state index contributed by atoms with van der Waals surface area (Å²) < 4.78 is 30.3. The third-order valence-electron chi connectivity index (χ3n) is 11.3. The van der Waals surface area contributed by atoms with E-state index in [9.17, 15) is 28.0 Å². The standard InChI is InChI=1S/C40H48F2N12O4/c1-50-35-26(4-2-6-30(35)54(40(50)58)31-11-12-33(55)49-39(31)57)5-3-15-51-16-18-52(19-17-51)24-25-7-9-27(10-8-25)46-23-29(34(44)36(41)42)47-38(56)28(22-43)37-45-14-13-32(48-37)53-20-21-53/h2,4,6,13-14,22-23,25,27,31,36,43-46H,7-12,15-21,24H2,1H3,(H,47,56)(H,49,55,57)/b29-23+,37-28-,43-22?,44-34?/t25-,27-,31?. The first-order valence-corrected chi connectivity index (χ1v) is 19.6. The smallest absolute Gasteiger partial charge is 0.329 e. The van der Waals surface area contributed by atoms with Crippen LogP contribution in [0.2, 0.25) is 0 Å². The number of carbonyl (C=O) groups is 3. The first kappa shape index (κ1) is 40.3. The van der Waals surface area contributed by atoms with Crippen LogP contribution >= 0.6 is 0 Å². The lowest BCUT2D eigenvalue weighted by Crippen LogP contribution is -2.48. The molecule has 1 aliphatic carbocycles. The van der Waals surface area contributed by atoms with Gasteiger partial charge < -0.3 is 31.2 Å².